The first kappa shape index (κ1) is 23.8. The van der Waals surface area contributed by atoms with E-state index in [2.05, 4.69) is 10.1 Å². The number of para-hydroxylation sites is 1. The second-order valence-corrected chi connectivity index (χ2v) is 8.15. The summed E-state index contributed by atoms with van der Waals surface area (Å²) in [5.41, 5.74) is 0.975. The molecule has 0 saturated heterocycles. The van der Waals surface area contributed by atoms with Crippen LogP contribution in [-0.2, 0) is 0 Å². The molecule has 1 aromatic heterocycles. The van der Waals surface area contributed by atoms with Gasteiger partial charge in [-0.1, -0.05) is 48.0 Å². The highest BCUT2D eigenvalue weighted by molar-refractivity contribution is 6.33. The number of benzene rings is 2. The number of carbonyl (C=O) groups is 1. The van der Waals surface area contributed by atoms with Crippen LogP contribution in [0.5, 0.6) is 0 Å². The third-order valence-corrected chi connectivity index (χ3v) is 5.78. The van der Waals surface area contributed by atoms with Crippen molar-refractivity contribution >= 4 is 28.8 Å². The highest BCUT2D eigenvalue weighted by Crippen LogP contribution is 2.45. The van der Waals surface area contributed by atoms with Crippen LogP contribution >= 0.6 is 11.6 Å². The summed E-state index contributed by atoms with van der Waals surface area (Å²) in [7, 11) is 0. The van der Waals surface area contributed by atoms with Crippen LogP contribution < -0.4 is 5.01 Å². The molecule has 0 saturated carbocycles. The average Bonchev–Trinajstić information content (AvgIpc) is 3.25. The summed E-state index contributed by atoms with van der Waals surface area (Å²) in [6.07, 6.45) is -5.00. The van der Waals surface area contributed by atoms with E-state index < -0.39 is 30.3 Å². The van der Waals surface area contributed by atoms with Gasteiger partial charge >= 0.3 is 12.1 Å². The molecular formula is C24H17ClF5N3O. The van der Waals surface area contributed by atoms with Crippen LogP contribution in [0.1, 0.15) is 35.4 Å². The van der Waals surface area contributed by atoms with Crippen molar-refractivity contribution in [2.24, 2.45) is 5.10 Å². The Bertz CT molecular complexity index is 1260. The number of carbonyl (C=O) groups excluding carboxylic acids is 1. The normalized spacial score (nSPS) is 16.5. The van der Waals surface area contributed by atoms with Gasteiger partial charge in [0, 0.05) is 23.7 Å². The molecule has 4 rings (SSSR count). The monoisotopic (exact) mass is 493 g/mol. The van der Waals surface area contributed by atoms with Crippen molar-refractivity contribution in [1.82, 2.24) is 4.98 Å². The van der Waals surface area contributed by atoms with Crippen LogP contribution in [0.3, 0.4) is 0 Å². The SMILES string of the molecule is CC(=O)c1cccc(-c2ccc(C3CC(C(F)(F)C(F)(F)F)=NN3c3ccccc3Cl)nc2)c1. The maximum atomic E-state index is 14.1. The second-order valence-electron chi connectivity index (χ2n) is 7.74. The van der Waals surface area contributed by atoms with E-state index >= 15 is 0 Å². The van der Waals surface area contributed by atoms with Gasteiger partial charge < -0.3 is 0 Å². The van der Waals surface area contributed by atoms with Crippen LogP contribution in [0.15, 0.2) is 72.0 Å². The minimum absolute atomic E-state index is 0.108. The average molecular weight is 494 g/mol. The third kappa shape index (κ3) is 4.40. The Morgan fingerprint density at radius 2 is 1.74 bits per heavy atom. The van der Waals surface area contributed by atoms with Crippen molar-refractivity contribution in [2.75, 3.05) is 5.01 Å². The van der Waals surface area contributed by atoms with Gasteiger partial charge in [0.25, 0.3) is 0 Å². The lowest BCUT2D eigenvalue weighted by molar-refractivity contribution is -0.249. The Morgan fingerprint density at radius 1 is 1.00 bits per heavy atom. The van der Waals surface area contributed by atoms with E-state index in [1.54, 1.807) is 42.5 Å². The van der Waals surface area contributed by atoms with Gasteiger partial charge in [-0.25, -0.2) is 0 Å². The second kappa shape index (κ2) is 8.79. The lowest BCUT2D eigenvalue weighted by Crippen LogP contribution is -2.43. The number of nitrogens with zero attached hydrogens (tertiary/aromatic N) is 3. The fourth-order valence-corrected chi connectivity index (χ4v) is 3.87. The van der Waals surface area contributed by atoms with Gasteiger partial charge in [-0.05, 0) is 36.8 Å². The largest absolute Gasteiger partial charge is 0.459 e. The number of hydrogen-bond donors (Lipinski definition) is 0. The van der Waals surface area contributed by atoms with Crippen LogP contribution in [0, 0.1) is 0 Å². The van der Waals surface area contributed by atoms with Crippen LogP contribution in [0.4, 0.5) is 27.6 Å². The van der Waals surface area contributed by atoms with Gasteiger partial charge in [0.1, 0.15) is 11.8 Å². The first-order valence-electron chi connectivity index (χ1n) is 10.1. The predicted octanol–water partition coefficient (Wildman–Crippen LogP) is 7.11. The molecule has 34 heavy (non-hydrogen) atoms. The van der Waals surface area contributed by atoms with Crippen molar-refractivity contribution in [3.8, 4) is 11.1 Å². The number of ketones is 1. The number of aromatic nitrogens is 1. The Balaban J connectivity index is 1.71. The van der Waals surface area contributed by atoms with Gasteiger partial charge in [-0.3, -0.25) is 14.8 Å². The zero-order valence-electron chi connectivity index (χ0n) is 17.7. The number of rotatable bonds is 5. The van der Waals surface area contributed by atoms with E-state index in [1.165, 1.54) is 31.3 Å². The molecule has 0 aliphatic carbocycles. The van der Waals surface area contributed by atoms with E-state index in [9.17, 15) is 26.7 Å². The summed E-state index contributed by atoms with van der Waals surface area (Å²) in [6.45, 7) is 1.44. The van der Waals surface area contributed by atoms with Crippen LogP contribution in [-0.4, -0.2) is 28.6 Å². The van der Waals surface area contributed by atoms with Gasteiger partial charge in [0.15, 0.2) is 5.78 Å². The molecule has 0 fully saturated rings. The molecule has 0 amide bonds. The first-order chi connectivity index (χ1) is 16.0. The topological polar surface area (TPSA) is 45.6 Å². The van der Waals surface area contributed by atoms with E-state index in [0.29, 0.717) is 16.7 Å². The molecule has 2 heterocycles. The maximum absolute atomic E-state index is 14.1. The summed E-state index contributed by atoms with van der Waals surface area (Å²) >= 11 is 6.19. The minimum atomic E-state index is -5.79. The molecule has 1 unspecified atom stereocenters. The molecule has 10 heteroatoms. The standard InChI is InChI=1S/C24H17ClF5N3O/c1-14(34)15-5-4-6-16(11-15)17-9-10-19(31-13-17)21-12-22(23(26,27)24(28,29)30)32-33(21)20-8-3-2-7-18(20)25/h2-11,13,21H,12H2,1H3. The lowest BCUT2D eigenvalue weighted by atomic mass is 10.00. The highest BCUT2D eigenvalue weighted by atomic mass is 35.5. The maximum Gasteiger partial charge on any atom is 0.459 e. The zero-order chi connectivity index (χ0) is 24.7. The number of Topliss-reactive ketones (excluding diaryl/α,β-unsaturated/α-hetero) is 1. The van der Waals surface area contributed by atoms with Crippen molar-refractivity contribution in [1.29, 1.82) is 0 Å². The van der Waals surface area contributed by atoms with E-state index in [1.807, 2.05) is 0 Å². The number of pyridine rings is 1. The zero-order valence-corrected chi connectivity index (χ0v) is 18.4. The molecule has 4 nitrogen and oxygen atoms in total. The molecule has 1 aliphatic rings. The van der Waals surface area contributed by atoms with E-state index in [0.717, 1.165) is 5.01 Å². The summed E-state index contributed by atoms with van der Waals surface area (Å²) in [5.74, 6) is -5.21. The Hall–Kier alpha value is -3.33. The fourth-order valence-electron chi connectivity index (χ4n) is 3.64. The number of hydrazone groups is 1. The van der Waals surface area contributed by atoms with Gasteiger partial charge in [-0.15, -0.1) is 0 Å². The van der Waals surface area contributed by atoms with Gasteiger partial charge in [-0.2, -0.15) is 27.1 Å². The number of hydrogen-bond acceptors (Lipinski definition) is 4. The van der Waals surface area contributed by atoms with Gasteiger partial charge in [0.2, 0.25) is 0 Å². The fraction of sp³-hybridized carbons (Fsp3) is 0.208. The van der Waals surface area contributed by atoms with Crippen molar-refractivity contribution in [2.45, 2.75) is 31.5 Å². The molecule has 1 atom stereocenters. The first-order valence-corrected chi connectivity index (χ1v) is 10.5. The van der Waals surface area contributed by atoms with Crippen LogP contribution in [0.2, 0.25) is 5.02 Å². The third-order valence-electron chi connectivity index (χ3n) is 5.46. The summed E-state index contributed by atoms with van der Waals surface area (Å²) in [6, 6.07) is 15.2. The van der Waals surface area contributed by atoms with Crippen LogP contribution in [0.25, 0.3) is 11.1 Å². The molecule has 176 valence electrons. The lowest BCUT2D eigenvalue weighted by Gasteiger charge is -2.24. The summed E-state index contributed by atoms with van der Waals surface area (Å²) < 4.78 is 67.4. The van der Waals surface area contributed by atoms with Gasteiger partial charge in [0.05, 0.1) is 16.4 Å². The molecule has 3 aromatic rings. The number of halogens is 6. The number of anilines is 1. The summed E-state index contributed by atoms with van der Waals surface area (Å²) in [5, 5.41) is 4.84. The summed E-state index contributed by atoms with van der Waals surface area (Å²) in [4.78, 5) is 16.0. The quantitative estimate of drug-likeness (QED) is 0.281. The van der Waals surface area contributed by atoms with Crippen molar-refractivity contribution < 1.29 is 26.7 Å². The molecule has 2 aromatic carbocycles. The number of alkyl halides is 5. The Labute approximate surface area is 196 Å². The molecular weight excluding hydrogens is 477 g/mol. The molecule has 1 aliphatic heterocycles. The molecule has 0 spiro atoms. The van der Waals surface area contributed by atoms with Crippen molar-refractivity contribution in [3.05, 3.63) is 83.1 Å². The minimum Gasteiger partial charge on any atom is -0.295 e. The predicted molar refractivity (Wildman–Crippen MR) is 119 cm³/mol. The Kier molecular flexibility index (Phi) is 6.16. The molecule has 0 N–H and O–H groups in total. The smallest absolute Gasteiger partial charge is 0.295 e. The Morgan fingerprint density at radius 3 is 2.35 bits per heavy atom. The highest BCUT2D eigenvalue weighted by Gasteiger charge is 2.63. The van der Waals surface area contributed by atoms with E-state index in [4.69, 9.17) is 11.6 Å². The molecule has 0 radical (unpaired) electrons. The molecule has 0 bridgehead atoms. The van der Waals surface area contributed by atoms with Crippen molar-refractivity contribution in [3.63, 3.8) is 0 Å². The van der Waals surface area contributed by atoms with E-state index in [-0.39, 0.29) is 22.2 Å².